The highest BCUT2D eigenvalue weighted by Gasteiger charge is 2.53. The summed E-state index contributed by atoms with van der Waals surface area (Å²) in [5, 5.41) is 22.2. The number of rotatable bonds is 4. The molecular formula is C28H38ClNO7. The molecule has 0 aromatic carbocycles. The van der Waals surface area contributed by atoms with Crippen LogP contribution in [-0.2, 0) is 23.8 Å². The third-order valence-corrected chi connectivity index (χ3v) is 7.83. The third kappa shape index (κ3) is 7.27. The van der Waals surface area contributed by atoms with Gasteiger partial charge in [0.05, 0.1) is 58.5 Å². The first-order valence-corrected chi connectivity index (χ1v) is 13.0. The summed E-state index contributed by atoms with van der Waals surface area (Å²) in [6.45, 7) is 10.8. The summed E-state index contributed by atoms with van der Waals surface area (Å²) in [6.07, 6.45) is 1.30. The number of halogens is 1. The normalized spacial score (nSPS) is 35.8. The lowest BCUT2D eigenvalue weighted by atomic mass is 9.72. The predicted octanol–water partition coefficient (Wildman–Crippen LogP) is 3.83. The number of hydrogen-bond donors (Lipinski definition) is 2. The van der Waals surface area contributed by atoms with Crippen LogP contribution in [-0.4, -0.2) is 69.7 Å². The molecule has 0 bridgehead atoms. The average Bonchev–Trinajstić information content (AvgIpc) is 3.49. The molecule has 0 unspecified atom stereocenters. The summed E-state index contributed by atoms with van der Waals surface area (Å²) in [7, 11) is 0. The van der Waals surface area contributed by atoms with Crippen molar-refractivity contribution in [2.45, 2.75) is 89.5 Å². The van der Waals surface area contributed by atoms with Crippen LogP contribution in [0.15, 0.2) is 42.1 Å². The van der Waals surface area contributed by atoms with Gasteiger partial charge in [0.15, 0.2) is 0 Å². The molecule has 1 aromatic heterocycles. The Bertz CT molecular complexity index is 998. The van der Waals surface area contributed by atoms with Gasteiger partial charge in [-0.3, -0.25) is 14.6 Å². The smallest absolute Gasteiger partial charge is 0.309 e. The van der Waals surface area contributed by atoms with E-state index in [1.807, 2.05) is 13.0 Å². The SMILES string of the molecule is C=CC[C@H]1C(=O)C(C)(C)[C@@H](O)CC(=O)O[C@H](C(Cl)=Cc2ccccn2)C[C@@H]2O[C@]2(C)CCO[C@H](C)[C@H]1O. The number of carbonyl (C=O) groups excluding carboxylic acids is 2. The summed E-state index contributed by atoms with van der Waals surface area (Å²) >= 11 is 6.60. The first-order valence-electron chi connectivity index (χ1n) is 12.7. The van der Waals surface area contributed by atoms with Gasteiger partial charge in [-0.25, -0.2) is 0 Å². The molecule has 1 aromatic rings. The van der Waals surface area contributed by atoms with Crippen LogP contribution in [0.4, 0.5) is 0 Å². The highest BCUT2D eigenvalue weighted by atomic mass is 35.5. The number of ketones is 1. The van der Waals surface area contributed by atoms with Crippen LogP contribution in [0, 0.1) is 11.3 Å². The second-order valence-corrected chi connectivity index (χ2v) is 11.1. The maximum atomic E-state index is 13.5. The molecular weight excluding hydrogens is 498 g/mol. The van der Waals surface area contributed by atoms with Crippen molar-refractivity contribution in [2.24, 2.45) is 11.3 Å². The van der Waals surface area contributed by atoms with Crippen molar-refractivity contribution < 1.29 is 34.0 Å². The lowest BCUT2D eigenvalue weighted by Gasteiger charge is -2.35. The summed E-state index contributed by atoms with van der Waals surface area (Å²) in [5.74, 6) is -1.94. The number of aromatic nitrogens is 1. The van der Waals surface area contributed by atoms with E-state index in [4.69, 9.17) is 25.8 Å². The van der Waals surface area contributed by atoms with E-state index in [1.165, 1.54) is 0 Å². The lowest BCUT2D eigenvalue weighted by molar-refractivity contribution is -0.155. The molecule has 7 atom stereocenters. The van der Waals surface area contributed by atoms with Gasteiger partial charge in [0.2, 0.25) is 0 Å². The maximum absolute atomic E-state index is 13.5. The molecule has 3 rings (SSSR count). The number of Topliss-reactive ketones (excluding diaryl/α,β-unsaturated/α-hetero) is 1. The first kappa shape index (κ1) is 29.5. The molecule has 8 nitrogen and oxygen atoms in total. The van der Waals surface area contributed by atoms with Crippen LogP contribution in [0.1, 0.15) is 59.1 Å². The number of fused-ring (bicyclic) bond motifs is 1. The second kappa shape index (κ2) is 12.2. The van der Waals surface area contributed by atoms with Crippen molar-refractivity contribution in [1.82, 2.24) is 4.98 Å². The highest BCUT2D eigenvalue weighted by Crippen LogP contribution is 2.44. The summed E-state index contributed by atoms with van der Waals surface area (Å²) < 4.78 is 17.6. The van der Waals surface area contributed by atoms with Gasteiger partial charge in [-0.05, 0) is 38.5 Å². The molecule has 0 aliphatic carbocycles. The molecule has 0 radical (unpaired) electrons. The Balaban J connectivity index is 1.89. The van der Waals surface area contributed by atoms with Crippen LogP contribution in [0.25, 0.3) is 6.08 Å². The topological polar surface area (TPSA) is 118 Å². The predicted molar refractivity (Wildman–Crippen MR) is 140 cm³/mol. The molecule has 9 heteroatoms. The van der Waals surface area contributed by atoms with Crippen molar-refractivity contribution in [3.8, 4) is 0 Å². The zero-order valence-corrected chi connectivity index (χ0v) is 22.7. The van der Waals surface area contributed by atoms with Crippen LogP contribution < -0.4 is 0 Å². The van der Waals surface area contributed by atoms with E-state index >= 15 is 0 Å². The van der Waals surface area contributed by atoms with Crippen molar-refractivity contribution in [1.29, 1.82) is 0 Å². The molecule has 2 fully saturated rings. The number of allylic oxidation sites excluding steroid dienone is 1. The summed E-state index contributed by atoms with van der Waals surface area (Å²) in [4.78, 5) is 30.7. The van der Waals surface area contributed by atoms with Crippen molar-refractivity contribution in [3.63, 3.8) is 0 Å². The number of nitrogens with zero attached hydrogens (tertiary/aromatic N) is 1. The monoisotopic (exact) mass is 535 g/mol. The molecule has 2 N–H and O–H groups in total. The summed E-state index contributed by atoms with van der Waals surface area (Å²) in [5.41, 5.74) is -1.24. The zero-order valence-electron chi connectivity index (χ0n) is 21.9. The Labute approximate surface area is 223 Å². The summed E-state index contributed by atoms with van der Waals surface area (Å²) in [6, 6.07) is 5.39. The van der Waals surface area contributed by atoms with Gasteiger partial charge >= 0.3 is 5.97 Å². The molecule has 2 aliphatic heterocycles. The van der Waals surface area contributed by atoms with Crippen molar-refractivity contribution in [3.05, 3.63) is 47.8 Å². The maximum Gasteiger partial charge on any atom is 0.309 e. The van der Waals surface area contributed by atoms with Crippen LogP contribution >= 0.6 is 11.6 Å². The largest absolute Gasteiger partial charge is 0.456 e. The van der Waals surface area contributed by atoms with Gasteiger partial charge < -0.3 is 24.4 Å². The van der Waals surface area contributed by atoms with Gasteiger partial charge in [0.25, 0.3) is 0 Å². The molecule has 37 heavy (non-hydrogen) atoms. The number of carbonyl (C=O) groups is 2. The minimum atomic E-state index is -1.35. The fraction of sp³-hybridized carbons (Fsp3) is 0.607. The second-order valence-electron chi connectivity index (χ2n) is 10.7. The Morgan fingerprint density at radius 1 is 1.27 bits per heavy atom. The Kier molecular flexibility index (Phi) is 9.69. The lowest BCUT2D eigenvalue weighted by Crippen LogP contribution is -2.48. The van der Waals surface area contributed by atoms with E-state index < -0.39 is 53.7 Å². The zero-order chi connectivity index (χ0) is 27.4. The molecule has 0 saturated carbocycles. The number of pyridine rings is 1. The van der Waals surface area contributed by atoms with Crippen molar-refractivity contribution in [2.75, 3.05) is 6.61 Å². The molecule has 2 aliphatic rings. The van der Waals surface area contributed by atoms with Crippen LogP contribution in [0.3, 0.4) is 0 Å². The third-order valence-electron chi connectivity index (χ3n) is 7.48. The van der Waals surface area contributed by atoms with Gasteiger partial charge in [-0.1, -0.05) is 37.6 Å². The Hall–Kier alpha value is -2.10. The average molecular weight is 536 g/mol. The number of ether oxygens (including phenoxy) is 3. The van der Waals surface area contributed by atoms with E-state index in [1.54, 1.807) is 51.3 Å². The number of epoxide rings is 1. The van der Waals surface area contributed by atoms with E-state index in [-0.39, 0.29) is 23.3 Å². The number of aliphatic hydroxyl groups is 2. The number of aliphatic hydroxyl groups excluding tert-OH is 2. The van der Waals surface area contributed by atoms with Crippen LogP contribution in [0.2, 0.25) is 0 Å². The Morgan fingerprint density at radius 2 is 2.00 bits per heavy atom. The first-order chi connectivity index (χ1) is 17.4. The van der Waals surface area contributed by atoms with Gasteiger partial charge in [0.1, 0.15) is 11.9 Å². The number of hydrogen-bond acceptors (Lipinski definition) is 8. The quantitative estimate of drug-likeness (QED) is 0.339. The highest BCUT2D eigenvalue weighted by molar-refractivity contribution is 6.32. The van der Waals surface area contributed by atoms with E-state index in [0.29, 0.717) is 25.1 Å². The number of esters is 1. The Morgan fingerprint density at radius 3 is 2.65 bits per heavy atom. The van der Waals surface area contributed by atoms with Gasteiger partial charge in [-0.15, -0.1) is 6.58 Å². The fourth-order valence-electron chi connectivity index (χ4n) is 4.63. The molecule has 0 spiro atoms. The van der Waals surface area contributed by atoms with Crippen molar-refractivity contribution >= 4 is 29.4 Å². The molecule has 2 saturated heterocycles. The van der Waals surface area contributed by atoms with Gasteiger partial charge in [0, 0.05) is 25.6 Å². The minimum absolute atomic E-state index is 0.202. The van der Waals surface area contributed by atoms with E-state index in [2.05, 4.69) is 11.6 Å². The standard InChI is InChI=1S/C28H38ClNO7/c1-6-9-19-25(33)17(2)35-13-11-28(5)23(37-28)15-21(20(29)14-18-10-7-8-12-30-18)36-24(32)16-22(31)27(3,4)26(19)34/h6-8,10,12,14,17,19,21-23,25,31,33H,1,9,11,13,15-16H2,2-5H3/t17-,19-,21+,22+,23+,25-,28-/m1/s1. The molecule has 0 amide bonds. The van der Waals surface area contributed by atoms with Gasteiger partial charge in [-0.2, -0.15) is 0 Å². The minimum Gasteiger partial charge on any atom is -0.456 e. The number of cyclic esters (lactones) is 1. The van der Waals surface area contributed by atoms with E-state index in [9.17, 15) is 19.8 Å². The molecule has 204 valence electrons. The van der Waals surface area contributed by atoms with Crippen LogP contribution in [0.5, 0.6) is 0 Å². The molecule has 3 heterocycles. The fourth-order valence-corrected chi connectivity index (χ4v) is 4.88. The van der Waals surface area contributed by atoms with E-state index in [0.717, 1.165) is 0 Å².